The molecule has 7 nitrogen and oxygen atoms in total. The highest BCUT2D eigenvalue weighted by molar-refractivity contribution is 6.30. The number of carbonyl (C=O) groups is 2. The van der Waals surface area contributed by atoms with Gasteiger partial charge >= 0.3 is 0 Å². The minimum Gasteiger partial charge on any atom is -0.324 e. The lowest BCUT2D eigenvalue weighted by molar-refractivity contribution is -0.384. The summed E-state index contributed by atoms with van der Waals surface area (Å²) >= 11 is 6.09. The molecule has 0 aliphatic carbocycles. The number of nitro benzene ring substituents is 1. The number of amides is 1. The molecule has 0 radical (unpaired) electrons. The minimum atomic E-state index is -0.757. The molecule has 0 saturated heterocycles. The highest BCUT2D eigenvalue weighted by Gasteiger charge is 2.35. The van der Waals surface area contributed by atoms with Crippen molar-refractivity contribution in [3.63, 3.8) is 0 Å². The van der Waals surface area contributed by atoms with Crippen LogP contribution < -0.4 is 0 Å². The molecule has 1 aliphatic rings. The Morgan fingerprint density at radius 3 is 2.68 bits per heavy atom. The van der Waals surface area contributed by atoms with Crippen molar-refractivity contribution in [1.82, 2.24) is 9.88 Å². The highest BCUT2D eigenvalue weighted by Crippen LogP contribution is 2.27. The molecule has 8 heteroatoms. The van der Waals surface area contributed by atoms with E-state index in [-0.39, 0.29) is 36.8 Å². The predicted octanol–water partition coefficient (Wildman–Crippen LogP) is 4.02. The van der Waals surface area contributed by atoms with Gasteiger partial charge in [-0.3, -0.25) is 24.7 Å². The summed E-state index contributed by atoms with van der Waals surface area (Å²) in [6.45, 7) is 0.0613. The number of fused-ring (bicyclic) bond motifs is 1. The number of non-ortho nitro benzene ring substituents is 1. The van der Waals surface area contributed by atoms with Gasteiger partial charge in [-0.1, -0.05) is 29.8 Å². The Bertz CT molecular complexity index is 1170. The first-order valence-corrected chi connectivity index (χ1v) is 10.1. The maximum Gasteiger partial charge on any atom is 0.269 e. The number of nitro groups is 1. The third-order valence-electron chi connectivity index (χ3n) is 5.27. The fourth-order valence-electron chi connectivity index (χ4n) is 3.78. The van der Waals surface area contributed by atoms with E-state index >= 15 is 0 Å². The van der Waals surface area contributed by atoms with E-state index in [4.69, 9.17) is 11.6 Å². The van der Waals surface area contributed by atoms with Gasteiger partial charge in [0.15, 0.2) is 5.78 Å². The molecule has 1 aromatic heterocycles. The Hall–Kier alpha value is -3.58. The van der Waals surface area contributed by atoms with E-state index in [1.54, 1.807) is 48.7 Å². The van der Waals surface area contributed by atoms with Crippen molar-refractivity contribution in [3.8, 4) is 0 Å². The maximum absolute atomic E-state index is 13.5. The van der Waals surface area contributed by atoms with Crippen LogP contribution >= 0.6 is 11.6 Å². The molecule has 0 fully saturated rings. The molecular formula is C23H18ClN3O4. The Kier molecular flexibility index (Phi) is 5.77. The molecule has 3 aromatic rings. The van der Waals surface area contributed by atoms with Crippen LogP contribution in [0.1, 0.15) is 27.2 Å². The third-order valence-corrected chi connectivity index (χ3v) is 5.51. The van der Waals surface area contributed by atoms with Crippen LogP contribution in [0.15, 0.2) is 66.9 Å². The van der Waals surface area contributed by atoms with Crippen molar-refractivity contribution in [3.05, 3.63) is 104 Å². The Morgan fingerprint density at radius 2 is 1.94 bits per heavy atom. The van der Waals surface area contributed by atoms with Crippen LogP contribution in [0, 0.1) is 10.1 Å². The van der Waals surface area contributed by atoms with Crippen LogP contribution in [0.4, 0.5) is 5.69 Å². The highest BCUT2D eigenvalue weighted by atomic mass is 35.5. The van der Waals surface area contributed by atoms with Crippen molar-refractivity contribution in [2.75, 3.05) is 0 Å². The number of nitrogens with zero attached hydrogens (tertiary/aromatic N) is 3. The summed E-state index contributed by atoms with van der Waals surface area (Å²) in [6.07, 6.45) is 1.96. The van der Waals surface area contributed by atoms with Crippen LogP contribution in [0.25, 0.3) is 0 Å². The average Bonchev–Trinajstić information content (AvgIpc) is 2.84. The number of ketones is 1. The summed E-state index contributed by atoms with van der Waals surface area (Å²) < 4.78 is 0. The van der Waals surface area contributed by atoms with Crippen molar-refractivity contribution >= 4 is 29.0 Å². The van der Waals surface area contributed by atoms with Gasteiger partial charge < -0.3 is 4.90 Å². The SMILES string of the molecule is O=C1Cc2cc(Cl)ccc2C(=O)N(Cc2cccc([N+](=O)[O-])c2)[C@@H]1Cc1ccccn1. The average molecular weight is 436 g/mol. The zero-order valence-electron chi connectivity index (χ0n) is 16.4. The fraction of sp³-hybridized carbons (Fsp3) is 0.174. The number of aromatic nitrogens is 1. The lowest BCUT2D eigenvalue weighted by atomic mass is 9.99. The molecule has 156 valence electrons. The van der Waals surface area contributed by atoms with Gasteiger partial charge in [-0.05, 0) is 41.5 Å². The first-order valence-electron chi connectivity index (χ1n) is 9.68. The van der Waals surface area contributed by atoms with Crippen molar-refractivity contribution < 1.29 is 14.5 Å². The minimum absolute atomic E-state index is 0.0613. The van der Waals surface area contributed by atoms with Gasteiger partial charge in [-0.25, -0.2) is 0 Å². The van der Waals surface area contributed by atoms with Gasteiger partial charge in [0.2, 0.25) is 0 Å². The standard InChI is InChI=1S/C23H18ClN3O4/c24-17-7-8-20-16(11-17)12-22(28)21(13-18-5-1-2-9-25-18)26(23(20)29)14-15-4-3-6-19(10-15)27(30)31/h1-11,21H,12-14H2/t21-/m1/s1. The first kappa shape index (κ1) is 20.7. The second-order valence-corrected chi connectivity index (χ2v) is 7.78. The van der Waals surface area contributed by atoms with Crippen LogP contribution in [0.5, 0.6) is 0 Å². The molecule has 0 unspecified atom stereocenters. The number of Topliss-reactive ketones (excluding diaryl/α,β-unsaturated/α-hetero) is 1. The summed E-state index contributed by atoms with van der Waals surface area (Å²) in [5.41, 5.74) is 2.17. The molecule has 0 N–H and O–H groups in total. The molecule has 1 amide bonds. The molecule has 2 heterocycles. The number of rotatable bonds is 5. The molecule has 2 aromatic carbocycles. The molecule has 0 saturated carbocycles. The zero-order valence-corrected chi connectivity index (χ0v) is 17.2. The van der Waals surface area contributed by atoms with Crippen LogP contribution in [0.2, 0.25) is 5.02 Å². The molecular weight excluding hydrogens is 418 g/mol. The van der Waals surface area contributed by atoms with Gasteiger partial charge in [-0.15, -0.1) is 0 Å². The van der Waals surface area contributed by atoms with E-state index in [2.05, 4.69) is 4.98 Å². The molecule has 4 rings (SSSR count). The summed E-state index contributed by atoms with van der Waals surface area (Å²) in [5, 5.41) is 11.6. The second kappa shape index (κ2) is 8.65. The maximum atomic E-state index is 13.5. The molecule has 31 heavy (non-hydrogen) atoms. The van der Waals surface area contributed by atoms with Crippen LogP contribution in [0.3, 0.4) is 0 Å². The number of pyridine rings is 1. The normalized spacial score (nSPS) is 16.0. The summed E-state index contributed by atoms with van der Waals surface area (Å²) in [7, 11) is 0. The molecule has 0 bridgehead atoms. The summed E-state index contributed by atoms with van der Waals surface area (Å²) in [4.78, 5) is 43.2. The fourth-order valence-corrected chi connectivity index (χ4v) is 3.98. The van der Waals surface area contributed by atoms with Gasteiger partial charge in [0.05, 0.1) is 11.0 Å². The lowest BCUT2D eigenvalue weighted by Crippen LogP contribution is -2.44. The van der Waals surface area contributed by atoms with Crippen molar-refractivity contribution in [1.29, 1.82) is 0 Å². The molecule has 1 atom stereocenters. The van der Waals surface area contributed by atoms with E-state index in [1.165, 1.54) is 17.0 Å². The Labute approximate surface area is 183 Å². The van der Waals surface area contributed by atoms with E-state index in [0.29, 0.717) is 27.4 Å². The number of hydrogen-bond donors (Lipinski definition) is 0. The van der Waals surface area contributed by atoms with Gasteiger partial charge in [0, 0.05) is 54.0 Å². The van der Waals surface area contributed by atoms with Gasteiger partial charge in [-0.2, -0.15) is 0 Å². The van der Waals surface area contributed by atoms with E-state index in [1.807, 2.05) is 6.07 Å². The van der Waals surface area contributed by atoms with E-state index in [9.17, 15) is 19.7 Å². The second-order valence-electron chi connectivity index (χ2n) is 7.35. The Morgan fingerprint density at radius 1 is 1.10 bits per heavy atom. The first-order chi connectivity index (χ1) is 14.9. The quantitative estimate of drug-likeness (QED) is 0.445. The summed E-state index contributed by atoms with van der Waals surface area (Å²) in [6, 6.07) is 15.6. The largest absolute Gasteiger partial charge is 0.324 e. The third kappa shape index (κ3) is 4.46. The van der Waals surface area contributed by atoms with Crippen LogP contribution in [-0.4, -0.2) is 32.5 Å². The molecule has 0 spiro atoms. The number of benzene rings is 2. The monoisotopic (exact) mass is 435 g/mol. The summed E-state index contributed by atoms with van der Waals surface area (Å²) in [5.74, 6) is -0.449. The van der Waals surface area contributed by atoms with Crippen molar-refractivity contribution in [2.24, 2.45) is 0 Å². The van der Waals surface area contributed by atoms with E-state index in [0.717, 1.165) is 0 Å². The lowest BCUT2D eigenvalue weighted by Gasteiger charge is -2.29. The van der Waals surface area contributed by atoms with Gasteiger partial charge in [0.1, 0.15) is 0 Å². The van der Waals surface area contributed by atoms with Crippen molar-refractivity contribution in [2.45, 2.75) is 25.4 Å². The number of hydrogen-bond acceptors (Lipinski definition) is 5. The number of halogens is 1. The Balaban J connectivity index is 1.76. The topological polar surface area (TPSA) is 93.4 Å². The smallest absolute Gasteiger partial charge is 0.269 e. The van der Waals surface area contributed by atoms with E-state index < -0.39 is 11.0 Å². The van der Waals surface area contributed by atoms with Gasteiger partial charge in [0.25, 0.3) is 11.6 Å². The predicted molar refractivity (Wildman–Crippen MR) is 115 cm³/mol. The number of carbonyl (C=O) groups excluding carboxylic acids is 2. The molecule has 1 aliphatic heterocycles. The van der Waals surface area contributed by atoms with Crippen LogP contribution in [-0.2, 0) is 24.2 Å². The zero-order chi connectivity index (χ0) is 22.0.